The van der Waals surface area contributed by atoms with Crippen LogP contribution in [0.5, 0.6) is 0 Å². The molecule has 0 unspecified atom stereocenters. The van der Waals surface area contributed by atoms with Gasteiger partial charge in [-0.15, -0.1) is 0 Å². The van der Waals surface area contributed by atoms with Gasteiger partial charge < -0.3 is 10.2 Å². The molecule has 1 aliphatic rings. The molecule has 1 N–H and O–H groups in total. The van der Waals surface area contributed by atoms with Crippen molar-refractivity contribution < 1.29 is 9.63 Å². The standard InChI is InChI=1S/C10H18N2O2/c1-10(2,3)9(13)14-12-7-8-4-5-11-6-8/h7-8,11H,4-6H2,1-3H3/t8-/m1/s1. The van der Waals surface area contributed by atoms with Gasteiger partial charge in [-0.05, 0) is 33.7 Å². The highest BCUT2D eigenvalue weighted by atomic mass is 16.7. The Kier molecular flexibility index (Phi) is 3.63. The molecule has 1 rings (SSSR count). The number of nitrogens with one attached hydrogen (secondary N) is 1. The van der Waals surface area contributed by atoms with Crippen LogP contribution in [0.25, 0.3) is 0 Å². The lowest BCUT2D eigenvalue weighted by molar-refractivity contribution is -0.152. The number of carbonyl (C=O) groups is 1. The largest absolute Gasteiger partial charge is 0.340 e. The molecule has 14 heavy (non-hydrogen) atoms. The maximum Gasteiger partial charge on any atom is 0.340 e. The van der Waals surface area contributed by atoms with Crippen molar-refractivity contribution in [2.75, 3.05) is 13.1 Å². The van der Waals surface area contributed by atoms with E-state index in [0.717, 1.165) is 19.5 Å². The first-order valence-corrected chi connectivity index (χ1v) is 4.96. The molecular weight excluding hydrogens is 180 g/mol. The first-order chi connectivity index (χ1) is 6.50. The Morgan fingerprint density at radius 1 is 1.57 bits per heavy atom. The highest BCUT2D eigenvalue weighted by Gasteiger charge is 2.23. The average molecular weight is 198 g/mol. The third-order valence-electron chi connectivity index (χ3n) is 2.12. The smallest absolute Gasteiger partial charge is 0.318 e. The summed E-state index contributed by atoms with van der Waals surface area (Å²) in [6.45, 7) is 7.37. The minimum Gasteiger partial charge on any atom is -0.318 e. The van der Waals surface area contributed by atoms with E-state index in [-0.39, 0.29) is 5.97 Å². The fraction of sp³-hybridized carbons (Fsp3) is 0.800. The molecule has 4 nitrogen and oxygen atoms in total. The molecular formula is C10H18N2O2. The van der Waals surface area contributed by atoms with Gasteiger partial charge in [0.2, 0.25) is 0 Å². The van der Waals surface area contributed by atoms with E-state index in [0.29, 0.717) is 5.92 Å². The van der Waals surface area contributed by atoms with Crippen LogP contribution in [0, 0.1) is 11.3 Å². The second-order valence-electron chi connectivity index (χ2n) is 4.64. The van der Waals surface area contributed by atoms with Crippen molar-refractivity contribution in [2.45, 2.75) is 27.2 Å². The number of oxime groups is 1. The van der Waals surface area contributed by atoms with E-state index in [1.54, 1.807) is 6.21 Å². The number of rotatable bonds is 2. The lowest BCUT2D eigenvalue weighted by Gasteiger charge is -2.12. The molecule has 0 radical (unpaired) electrons. The predicted octanol–water partition coefficient (Wildman–Crippen LogP) is 1.17. The first-order valence-electron chi connectivity index (χ1n) is 4.96. The first kappa shape index (κ1) is 11.2. The normalized spacial score (nSPS) is 22.9. The Hall–Kier alpha value is -0.900. The monoisotopic (exact) mass is 198 g/mol. The van der Waals surface area contributed by atoms with Gasteiger partial charge in [-0.2, -0.15) is 0 Å². The Morgan fingerprint density at radius 3 is 2.79 bits per heavy atom. The van der Waals surface area contributed by atoms with Gasteiger partial charge in [-0.25, -0.2) is 4.79 Å². The third-order valence-corrected chi connectivity index (χ3v) is 2.12. The SMILES string of the molecule is CC(C)(C)C(=O)ON=C[C@@H]1CCNC1. The molecule has 80 valence electrons. The van der Waals surface area contributed by atoms with Crippen LogP contribution in [-0.4, -0.2) is 25.3 Å². The van der Waals surface area contributed by atoms with Crippen molar-refractivity contribution >= 4 is 12.2 Å². The lowest BCUT2D eigenvalue weighted by atomic mass is 9.98. The molecule has 0 aromatic heterocycles. The summed E-state index contributed by atoms with van der Waals surface area (Å²) in [7, 11) is 0. The van der Waals surface area contributed by atoms with Crippen LogP contribution < -0.4 is 5.32 Å². The predicted molar refractivity (Wildman–Crippen MR) is 55.0 cm³/mol. The van der Waals surface area contributed by atoms with Crippen LogP contribution >= 0.6 is 0 Å². The highest BCUT2D eigenvalue weighted by molar-refractivity contribution is 5.76. The molecule has 0 saturated carbocycles. The lowest BCUT2D eigenvalue weighted by Crippen LogP contribution is -2.21. The average Bonchev–Trinajstić information content (AvgIpc) is 2.55. The Labute approximate surface area is 84.7 Å². The molecule has 0 aromatic carbocycles. The third kappa shape index (κ3) is 3.46. The van der Waals surface area contributed by atoms with Gasteiger partial charge in [0.1, 0.15) is 0 Å². The molecule has 1 saturated heterocycles. The van der Waals surface area contributed by atoms with Crippen LogP contribution in [0.15, 0.2) is 5.16 Å². The second kappa shape index (κ2) is 4.55. The summed E-state index contributed by atoms with van der Waals surface area (Å²) in [5.41, 5.74) is -0.481. The molecule has 4 heteroatoms. The van der Waals surface area contributed by atoms with Gasteiger partial charge in [-0.3, -0.25) is 0 Å². The van der Waals surface area contributed by atoms with E-state index in [4.69, 9.17) is 4.84 Å². The van der Waals surface area contributed by atoms with Gasteiger partial charge in [0.15, 0.2) is 0 Å². The fourth-order valence-corrected chi connectivity index (χ4v) is 1.11. The summed E-state index contributed by atoms with van der Waals surface area (Å²) in [5.74, 6) is 0.113. The minimum absolute atomic E-state index is 0.292. The maximum absolute atomic E-state index is 11.3. The van der Waals surface area contributed by atoms with Crippen molar-refractivity contribution in [3.8, 4) is 0 Å². The number of nitrogens with zero attached hydrogens (tertiary/aromatic N) is 1. The summed E-state index contributed by atoms with van der Waals surface area (Å²) in [4.78, 5) is 16.1. The molecule has 0 aliphatic carbocycles. The topological polar surface area (TPSA) is 50.7 Å². The summed E-state index contributed by atoms with van der Waals surface area (Å²) < 4.78 is 0. The van der Waals surface area contributed by atoms with Crippen molar-refractivity contribution in [1.82, 2.24) is 5.32 Å². The number of carbonyl (C=O) groups excluding carboxylic acids is 1. The second-order valence-corrected chi connectivity index (χ2v) is 4.64. The summed E-state index contributed by atoms with van der Waals surface area (Å²) in [6, 6.07) is 0. The van der Waals surface area contributed by atoms with Crippen molar-refractivity contribution in [3.63, 3.8) is 0 Å². The van der Waals surface area contributed by atoms with Crippen molar-refractivity contribution in [2.24, 2.45) is 16.5 Å². The van der Waals surface area contributed by atoms with Crippen molar-refractivity contribution in [1.29, 1.82) is 0 Å². The Bertz CT molecular complexity index is 225. The van der Waals surface area contributed by atoms with E-state index in [9.17, 15) is 4.79 Å². The Balaban J connectivity index is 2.29. The Morgan fingerprint density at radius 2 is 2.29 bits per heavy atom. The zero-order valence-corrected chi connectivity index (χ0v) is 9.04. The van der Waals surface area contributed by atoms with E-state index >= 15 is 0 Å². The molecule has 1 aliphatic heterocycles. The maximum atomic E-state index is 11.3. The zero-order valence-electron chi connectivity index (χ0n) is 9.04. The van der Waals surface area contributed by atoms with Crippen LogP contribution in [0.3, 0.4) is 0 Å². The van der Waals surface area contributed by atoms with Crippen LogP contribution in [0.2, 0.25) is 0 Å². The summed E-state index contributed by atoms with van der Waals surface area (Å²) in [6.07, 6.45) is 2.78. The summed E-state index contributed by atoms with van der Waals surface area (Å²) in [5, 5.41) is 6.91. The van der Waals surface area contributed by atoms with E-state index < -0.39 is 5.41 Å². The van der Waals surface area contributed by atoms with Gasteiger partial charge in [0, 0.05) is 18.7 Å². The molecule has 1 fully saturated rings. The molecule has 0 bridgehead atoms. The van der Waals surface area contributed by atoms with Gasteiger partial charge in [0.25, 0.3) is 0 Å². The van der Waals surface area contributed by atoms with E-state index in [1.807, 2.05) is 20.8 Å². The van der Waals surface area contributed by atoms with Crippen LogP contribution in [0.1, 0.15) is 27.2 Å². The van der Waals surface area contributed by atoms with E-state index in [1.165, 1.54) is 0 Å². The molecule has 0 amide bonds. The van der Waals surface area contributed by atoms with E-state index in [2.05, 4.69) is 10.5 Å². The minimum atomic E-state index is -0.481. The van der Waals surface area contributed by atoms with Gasteiger partial charge in [-0.1, -0.05) is 5.16 Å². The van der Waals surface area contributed by atoms with Crippen LogP contribution in [0.4, 0.5) is 0 Å². The highest BCUT2D eigenvalue weighted by Crippen LogP contribution is 2.15. The van der Waals surface area contributed by atoms with Crippen LogP contribution in [-0.2, 0) is 9.63 Å². The fourth-order valence-electron chi connectivity index (χ4n) is 1.11. The quantitative estimate of drug-likeness (QED) is 0.411. The summed E-state index contributed by atoms with van der Waals surface area (Å²) >= 11 is 0. The number of hydrogen-bond donors (Lipinski definition) is 1. The number of hydrogen-bond acceptors (Lipinski definition) is 4. The van der Waals surface area contributed by atoms with Gasteiger partial charge in [0.05, 0.1) is 5.41 Å². The molecule has 1 atom stereocenters. The zero-order chi connectivity index (χ0) is 10.6. The van der Waals surface area contributed by atoms with Gasteiger partial charge >= 0.3 is 5.97 Å². The molecule has 0 aromatic rings. The van der Waals surface area contributed by atoms with Crippen molar-refractivity contribution in [3.05, 3.63) is 0 Å². The molecule has 0 spiro atoms. The molecule has 1 heterocycles.